The Morgan fingerprint density at radius 2 is 2.07 bits per heavy atom. The van der Waals surface area contributed by atoms with E-state index < -0.39 is 0 Å². The number of nitrogens with zero attached hydrogens (tertiary/aromatic N) is 5. The van der Waals surface area contributed by atoms with Gasteiger partial charge >= 0.3 is 0 Å². The van der Waals surface area contributed by atoms with Gasteiger partial charge in [0.15, 0.2) is 11.5 Å². The molecule has 1 amide bonds. The average molecular weight is 387 g/mol. The zero-order valence-corrected chi connectivity index (χ0v) is 16.3. The fraction of sp³-hybridized carbons (Fsp3) is 0.286. The smallest absolute Gasteiger partial charge is 0.228 e. The predicted octanol–water partition coefficient (Wildman–Crippen LogP) is 3.43. The van der Waals surface area contributed by atoms with E-state index in [1.54, 1.807) is 16.9 Å². The number of aromatic nitrogens is 5. The maximum atomic E-state index is 12.2. The van der Waals surface area contributed by atoms with Crippen LogP contribution in [0.3, 0.4) is 0 Å². The van der Waals surface area contributed by atoms with Gasteiger partial charge in [-0.05, 0) is 44.4 Å². The molecular weight excluding hydrogens is 366 g/mol. The molecule has 8 nitrogen and oxygen atoms in total. The minimum atomic E-state index is 0.0284. The Kier molecular flexibility index (Phi) is 4.12. The Morgan fingerprint density at radius 3 is 2.86 bits per heavy atom. The van der Waals surface area contributed by atoms with E-state index in [9.17, 15) is 4.79 Å². The average Bonchev–Trinajstić information content (AvgIpc) is 3.48. The van der Waals surface area contributed by atoms with Crippen molar-refractivity contribution in [2.24, 2.45) is 5.92 Å². The van der Waals surface area contributed by atoms with Crippen LogP contribution in [0.2, 0.25) is 0 Å². The molecule has 4 heterocycles. The van der Waals surface area contributed by atoms with Crippen LogP contribution in [0.15, 0.2) is 36.8 Å². The first-order chi connectivity index (χ1) is 14.1. The van der Waals surface area contributed by atoms with Crippen LogP contribution >= 0.6 is 0 Å². The molecule has 0 atom stereocenters. The van der Waals surface area contributed by atoms with Gasteiger partial charge in [-0.1, -0.05) is 6.07 Å². The summed E-state index contributed by atoms with van der Waals surface area (Å²) in [5.74, 6) is 2.01. The first kappa shape index (κ1) is 17.5. The normalized spacial score (nSPS) is 13.7. The van der Waals surface area contributed by atoms with Gasteiger partial charge in [0.25, 0.3) is 0 Å². The van der Waals surface area contributed by atoms with E-state index in [1.807, 2.05) is 38.2 Å². The number of amides is 1. The summed E-state index contributed by atoms with van der Waals surface area (Å²) >= 11 is 0. The highest BCUT2D eigenvalue weighted by Crippen LogP contribution is 2.33. The maximum Gasteiger partial charge on any atom is 0.228 e. The number of rotatable bonds is 5. The van der Waals surface area contributed by atoms with E-state index in [1.165, 1.54) is 0 Å². The molecule has 0 aliphatic heterocycles. The first-order valence-corrected chi connectivity index (χ1v) is 9.79. The molecular formula is C21H21N7O. The fourth-order valence-electron chi connectivity index (χ4n) is 3.36. The lowest BCUT2D eigenvalue weighted by Gasteiger charge is -2.11. The Labute approximate surface area is 167 Å². The highest BCUT2D eigenvalue weighted by Gasteiger charge is 2.30. The Bertz CT molecular complexity index is 1240. The lowest BCUT2D eigenvalue weighted by atomic mass is 10.1. The Balaban J connectivity index is 1.65. The SMILES string of the molecule is CCNc1ncc(-c2nc3ccc(C)cn3n2)c2cc(NC(=O)C3CC3)ncc12. The van der Waals surface area contributed by atoms with Gasteiger partial charge in [-0.3, -0.25) is 4.79 Å². The quantitative estimate of drug-likeness (QED) is 0.545. The summed E-state index contributed by atoms with van der Waals surface area (Å²) in [6, 6.07) is 5.83. The predicted molar refractivity (Wildman–Crippen MR) is 112 cm³/mol. The van der Waals surface area contributed by atoms with Crippen molar-refractivity contribution in [3.8, 4) is 11.4 Å². The van der Waals surface area contributed by atoms with Gasteiger partial charge in [0.05, 0.1) is 0 Å². The molecule has 146 valence electrons. The molecule has 0 radical (unpaired) electrons. The molecule has 0 saturated heterocycles. The van der Waals surface area contributed by atoms with Crippen LogP contribution in [0, 0.1) is 12.8 Å². The molecule has 5 rings (SSSR count). The first-order valence-electron chi connectivity index (χ1n) is 9.79. The number of hydrogen-bond acceptors (Lipinski definition) is 6. The molecule has 0 aromatic carbocycles. The summed E-state index contributed by atoms with van der Waals surface area (Å²) in [6.07, 6.45) is 7.35. The van der Waals surface area contributed by atoms with E-state index >= 15 is 0 Å². The van der Waals surface area contributed by atoms with Crippen LogP contribution in [-0.2, 0) is 4.79 Å². The number of aryl methyl sites for hydroxylation is 1. The van der Waals surface area contributed by atoms with Gasteiger partial charge < -0.3 is 10.6 Å². The Hall–Kier alpha value is -3.55. The maximum absolute atomic E-state index is 12.2. The molecule has 1 aliphatic carbocycles. The van der Waals surface area contributed by atoms with Crippen molar-refractivity contribution in [3.05, 3.63) is 42.4 Å². The summed E-state index contributed by atoms with van der Waals surface area (Å²) in [6.45, 7) is 4.78. The topological polar surface area (TPSA) is 97.1 Å². The van der Waals surface area contributed by atoms with Crippen LogP contribution in [-0.4, -0.2) is 37.0 Å². The zero-order chi connectivity index (χ0) is 20.0. The van der Waals surface area contributed by atoms with Crippen molar-refractivity contribution in [3.63, 3.8) is 0 Å². The number of fused-ring (bicyclic) bond motifs is 2. The molecule has 1 saturated carbocycles. The number of nitrogens with one attached hydrogen (secondary N) is 2. The molecule has 0 spiro atoms. The molecule has 4 aromatic rings. The molecule has 1 aliphatic rings. The van der Waals surface area contributed by atoms with Crippen molar-refractivity contribution >= 4 is 34.0 Å². The summed E-state index contributed by atoms with van der Waals surface area (Å²) in [5.41, 5.74) is 2.67. The number of anilines is 2. The van der Waals surface area contributed by atoms with Crippen molar-refractivity contribution in [1.82, 2.24) is 24.6 Å². The molecule has 0 unspecified atom stereocenters. The van der Waals surface area contributed by atoms with Crippen LogP contribution in [0.5, 0.6) is 0 Å². The Morgan fingerprint density at radius 1 is 1.21 bits per heavy atom. The minimum absolute atomic E-state index is 0.0284. The highest BCUT2D eigenvalue weighted by atomic mass is 16.2. The van der Waals surface area contributed by atoms with Crippen molar-refractivity contribution in [2.75, 3.05) is 17.2 Å². The number of carbonyl (C=O) groups is 1. The van der Waals surface area contributed by atoms with E-state index in [0.29, 0.717) is 11.6 Å². The standard InChI is InChI=1S/C21H21N7O/c1-3-22-19-15-9-23-17(25-21(29)13-5-6-13)8-14(15)16(10-24-19)20-26-18-7-4-12(2)11-28(18)27-20/h4,7-11,13H,3,5-6H2,1-2H3,(H,22,24)(H,23,25,29). The second-order valence-corrected chi connectivity index (χ2v) is 7.37. The number of carbonyl (C=O) groups excluding carboxylic acids is 1. The molecule has 2 N–H and O–H groups in total. The molecule has 0 bridgehead atoms. The van der Waals surface area contributed by atoms with Crippen LogP contribution in [0.1, 0.15) is 25.3 Å². The van der Waals surface area contributed by atoms with Gasteiger partial charge in [0, 0.05) is 47.4 Å². The van der Waals surface area contributed by atoms with Gasteiger partial charge in [-0.2, -0.15) is 0 Å². The third-order valence-corrected chi connectivity index (χ3v) is 5.04. The number of pyridine rings is 3. The number of hydrogen-bond donors (Lipinski definition) is 2. The molecule has 1 fully saturated rings. The van der Waals surface area contributed by atoms with E-state index in [0.717, 1.165) is 52.8 Å². The third-order valence-electron chi connectivity index (χ3n) is 5.04. The monoisotopic (exact) mass is 387 g/mol. The summed E-state index contributed by atoms with van der Waals surface area (Å²) < 4.78 is 1.77. The molecule has 8 heteroatoms. The van der Waals surface area contributed by atoms with Gasteiger partial charge in [-0.25, -0.2) is 19.5 Å². The van der Waals surface area contributed by atoms with Crippen LogP contribution in [0.25, 0.3) is 27.8 Å². The van der Waals surface area contributed by atoms with E-state index in [4.69, 9.17) is 0 Å². The van der Waals surface area contributed by atoms with E-state index in [2.05, 4.69) is 30.7 Å². The van der Waals surface area contributed by atoms with E-state index in [-0.39, 0.29) is 11.8 Å². The summed E-state index contributed by atoms with van der Waals surface area (Å²) in [5, 5.41) is 12.6. The molecule has 4 aromatic heterocycles. The largest absolute Gasteiger partial charge is 0.370 e. The van der Waals surface area contributed by atoms with Gasteiger partial charge in [0.2, 0.25) is 5.91 Å². The third kappa shape index (κ3) is 3.26. The second-order valence-electron chi connectivity index (χ2n) is 7.37. The fourth-order valence-corrected chi connectivity index (χ4v) is 3.36. The van der Waals surface area contributed by atoms with Crippen LogP contribution < -0.4 is 10.6 Å². The zero-order valence-electron chi connectivity index (χ0n) is 16.3. The van der Waals surface area contributed by atoms with Crippen molar-refractivity contribution < 1.29 is 4.79 Å². The van der Waals surface area contributed by atoms with Crippen molar-refractivity contribution in [1.29, 1.82) is 0 Å². The summed E-state index contributed by atoms with van der Waals surface area (Å²) in [4.78, 5) is 25.8. The van der Waals surface area contributed by atoms with Crippen LogP contribution in [0.4, 0.5) is 11.6 Å². The van der Waals surface area contributed by atoms with Crippen molar-refractivity contribution in [2.45, 2.75) is 26.7 Å². The molecule has 29 heavy (non-hydrogen) atoms. The summed E-state index contributed by atoms with van der Waals surface area (Å²) in [7, 11) is 0. The lowest BCUT2D eigenvalue weighted by Crippen LogP contribution is -2.14. The second kappa shape index (κ2) is 6.80. The minimum Gasteiger partial charge on any atom is -0.370 e. The lowest BCUT2D eigenvalue weighted by molar-refractivity contribution is -0.117. The highest BCUT2D eigenvalue weighted by molar-refractivity contribution is 6.03. The van der Waals surface area contributed by atoms with Gasteiger partial charge in [-0.15, -0.1) is 5.10 Å². The van der Waals surface area contributed by atoms with Gasteiger partial charge in [0.1, 0.15) is 11.6 Å².